The van der Waals surface area contributed by atoms with E-state index in [0.29, 0.717) is 0 Å². The molecule has 0 nitrogen and oxygen atoms in total. The van der Waals surface area contributed by atoms with Gasteiger partial charge in [-0.15, -0.1) is 0 Å². The van der Waals surface area contributed by atoms with Gasteiger partial charge < -0.3 is 6.42 Å². The zero-order valence-corrected chi connectivity index (χ0v) is 15.1. The molecule has 19 heavy (non-hydrogen) atoms. The van der Waals surface area contributed by atoms with Crippen LogP contribution in [-0.4, -0.2) is 0 Å². The SMILES string of the molecule is CC[CH-]Cc1cc(C)c(CCCCCC)cc1C.[Lr]. The topological polar surface area (TPSA) is 0 Å². The molecule has 0 bridgehead atoms. The summed E-state index contributed by atoms with van der Waals surface area (Å²) in [7, 11) is 0. The minimum Gasteiger partial charge on any atom is -0.324 e. The Balaban J connectivity index is 0.00000324. The Hall–Kier alpha value is -1.78. The Bertz CT molecular complexity index is 355. The largest absolute Gasteiger partial charge is 0.324 e. The average molecular weight is 507 g/mol. The molecule has 0 fully saturated rings. The van der Waals surface area contributed by atoms with E-state index in [-0.39, 0.29) is 0 Å². The molecular weight excluding hydrogens is 478 g/mol. The smallest absolute Gasteiger partial charge is 0 e. The van der Waals surface area contributed by atoms with Gasteiger partial charge in [-0.05, 0) is 37.8 Å². The van der Waals surface area contributed by atoms with Crippen LogP contribution in [0.15, 0.2) is 12.1 Å². The fourth-order valence-corrected chi connectivity index (χ4v) is 2.47. The molecule has 1 rings (SSSR count). The summed E-state index contributed by atoms with van der Waals surface area (Å²) in [4.78, 5) is 0. The molecule has 0 aliphatic heterocycles. The maximum atomic E-state index is 2.42. The summed E-state index contributed by atoms with van der Waals surface area (Å²) in [5.41, 5.74) is 6.02. The van der Waals surface area contributed by atoms with Crippen molar-refractivity contribution in [2.24, 2.45) is 0 Å². The van der Waals surface area contributed by atoms with Crippen LogP contribution in [0.5, 0.6) is 0 Å². The Morgan fingerprint density at radius 3 is 2.16 bits per heavy atom. The van der Waals surface area contributed by atoms with Gasteiger partial charge in [0.05, 0.1) is 0 Å². The molecule has 1 aromatic rings. The number of hydrogen-bond donors (Lipinski definition) is 0. The number of aryl methyl sites for hydroxylation is 3. The van der Waals surface area contributed by atoms with Gasteiger partial charge in [-0.3, -0.25) is 0 Å². The zero-order chi connectivity index (χ0) is 13.4. The van der Waals surface area contributed by atoms with Crippen LogP contribution < -0.4 is 0 Å². The Morgan fingerprint density at radius 2 is 1.53 bits per heavy atom. The quantitative estimate of drug-likeness (QED) is 0.318. The first-order valence-electron chi connectivity index (χ1n) is 7.59. The van der Waals surface area contributed by atoms with Gasteiger partial charge in [0.2, 0.25) is 0 Å². The van der Waals surface area contributed by atoms with Crippen LogP contribution in [0.3, 0.4) is 0 Å². The van der Waals surface area contributed by atoms with Gasteiger partial charge in [-0.25, -0.2) is 0 Å². The second-order valence-corrected chi connectivity index (χ2v) is 5.42. The standard InChI is InChI=1S/C18H29.Lr/c1-5-7-9-10-12-18-14-15(3)17(11-8-6-2)13-16(18)4;/h8,13-14H,5-7,9-12H2,1-4H3;/q-1;. The summed E-state index contributed by atoms with van der Waals surface area (Å²) >= 11 is 0. The fraction of sp³-hybridized carbons (Fsp3) is 0.611. The second kappa shape index (κ2) is 9.19. The van der Waals surface area contributed by atoms with Gasteiger partial charge in [0.1, 0.15) is 0 Å². The van der Waals surface area contributed by atoms with Crippen LogP contribution in [0.2, 0.25) is 0 Å². The normalized spacial score (nSPS) is 10.3. The molecule has 1 heteroatoms. The molecule has 0 atom stereocenters. The third kappa shape index (κ3) is 5.59. The first kappa shape index (κ1) is 17.2. The molecule has 0 saturated carbocycles. The van der Waals surface area contributed by atoms with Crippen molar-refractivity contribution in [3.05, 3.63) is 40.8 Å². The van der Waals surface area contributed by atoms with E-state index in [0.717, 1.165) is 12.8 Å². The number of hydrogen-bond acceptors (Lipinski definition) is 0. The third-order valence-corrected chi connectivity index (χ3v) is 3.75. The van der Waals surface area contributed by atoms with Crippen LogP contribution >= 0.6 is 0 Å². The van der Waals surface area contributed by atoms with Crippen molar-refractivity contribution in [3.8, 4) is 0 Å². The second-order valence-electron chi connectivity index (χ2n) is 5.42. The van der Waals surface area contributed by atoms with Crippen molar-refractivity contribution in [2.45, 2.75) is 72.6 Å². The molecule has 117 valence electrons. The van der Waals surface area contributed by atoms with Crippen molar-refractivity contribution in [3.63, 3.8) is 0 Å². The summed E-state index contributed by atoms with van der Waals surface area (Å²) in [5.74, 6) is 0. The number of unbranched alkanes of at least 4 members (excludes halogenated alkanes) is 4. The molecule has 0 amide bonds. The molecule has 1 radical (unpaired) electrons. The van der Waals surface area contributed by atoms with E-state index in [1.807, 2.05) is 0 Å². The average Bonchev–Trinajstić information content (AvgIpc) is 2.36. The van der Waals surface area contributed by atoms with Crippen LogP contribution in [0.1, 0.15) is 68.2 Å². The fourth-order valence-electron chi connectivity index (χ4n) is 2.47. The van der Waals surface area contributed by atoms with Gasteiger partial charge >= 0.3 is 0 Å². The van der Waals surface area contributed by atoms with Crippen molar-refractivity contribution in [2.75, 3.05) is 0 Å². The molecule has 0 aromatic heterocycles. The van der Waals surface area contributed by atoms with Crippen molar-refractivity contribution in [1.29, 1.82) is 0 Å². The van der Waals surface area contributed by atoms with E-state index >= 15 is 0 Å². The monoisotopic (exact) mass is 507 g/mol. The Kier molecular flexibility index (Phi) is 8.33. The predicted molar refractivity (Wildman–Crippen MR) is 82.1 cm³/mol. The van der Waals surface area contributed by atoms with Gasteiger partial charge in [-0.2, -0.15) is 12.8 Å². The maximum Gasteiger partial charge on any atom is 0 e. The summed E-state index contributed by atoms with van der Waals surface area (Å²) < 4.78 is 0. The van der Waals surface area contributed by atoms with E-state index in [1.54, 1.807) is 5.56 Å². The van der Waals surface area contributed by atoms with E-state index in [9.17, 15) is 0 Å². The molecule has 1 aromatic carbocycles. The van der Waals surface area contributed by atoms with Gasteiger partial charge in [0, 0.05) is 0 Å². The third-order valence-electron chi connectivity index (χ3n) is 3.75. The first-order chi connectivity index (χ1) is 8.69. The van der Waals surface area contributed by atoms with Crippen LogP contribution in [0.25, 0.3) is 0 Å². The molecule has 0 saturated heterocycles. The van der Waals surface area contributed by atoms with E-state index in [2.05, 4.69) is 46.2 Å². The van der Waals surface area contributed by atoms with Gasteiger partial charge in [0.25, 0.3) is 0 Å². The summed E-state index contributed by atoms with van der Waals surface area (Å²) in [5, 5.41) is 0. The predicted octanol–water partition coefficient (Wildman–Crippen LogP) is 5.58. The van der Waals surface area contributed by atoms with E-state index in [1.165, 1.54) is 48.8 Å². The summed E-state index contributed by atoms with van der Waals surface area (Å²) in [6.45, 7) is 9.01. The van der Waals surface area contributed by atoms with Gasteiger partial charge in [-0.1, -0.05) is 56.4 Å². The molecule has 0 unspecified atom stereocenters. The Morgan fingerprint density at radius 1 is 0.895 bits per heavy atom. The van der Waals surface area contributed by atoms with Gasteiger partial charge in [0.15, 0.2) is 0 Å². The molecule has 0 N–H and O–H groups in total. The minimum absolute atomic E-state index is 0. The number of rotatable bonds is 8. The van der Waals surface area contributed by atoms with Crippen LogP contribution in [-0.2, 0) is 12.8 Å². The van der Waals surface area contributed by atoms with E-state index < -0.39 is 0 Å². The van der Waals surface area contributed by atoms with Crippen LogP contribution in [0.4, 0.5) is 0 Å². The van der Waals surface area contributed by atoms with Crippen molar-refractivity contribution < 1.29 is 0 Å². The molecule has 0 heterocycles. The molecule has 0 aliphatic carbocycles. The summed E-state index contributed by atoms with van der Waals surface area (Å²) in [6.07, 6.45) is 11.3. The first-order valence-corrected chi connectivity index (χ1v) is 7.59. The Labute approximate surface area is 114 Å². The minimum atomic E-state index is 0. The summed E-state index contributed by atoms with van der Waals surface area (Å²) in [6, 6.07) is 4.82. The molecule has 0 spiro atoms. The van der Waals surface area contributed by atoms with Crippen molar-refractivity contribution in [1.82, 2.24) is 0 Å². The van der Waals surface area contributed by atoms with Crippen LogP contribution in [0, 0.1) is 20.3 Å². The van der Waals surface area contributed by atoms with E-state index in [4.69, 9.17) is 0 Å². The number of benzene rings is 1. The zero-order valence-electron chi connectivity index (χ0n) is 12.9. The van der Waals surface area contributed by atoms with Crippen molar-refractivity contribution >= 4 is 0 Å². The molecular formula is C18H29Lr-. The maximum absolute atomic E-state index is 2.42. The molecule has 0 aliphatic rings.